The smallest absolute Gasteiger partial charge is 0.419 e. The molecule has 0 radical (unpaired) electrons. The van der Waals surface area contributed by atoms with Crippen LogP contribution in [0, 0.1) is 0 Å². The molecule has 1 aliphatic carbocycles. The molecule has 1 aliphatic rings. The number of hydrogen-bond donors (Lipinski definition) is 2. The molecule has 1 fully saturated rings. The SMILES string of the molecule is COc1cc(-c2nc(NC3CC3)nc3sc(C(C)=O)c(N)c23)ccc1C(F)(F)F. The molecule has 0 saturated heterocycles. The molecule has 0 unspecified atom stereocenters. The van der Waals surface area contributed by atoms with Crippen LogP contribution >= 0.6 is 11.3 Å². The Labute approximate surface area is 167 Å². The molecule has 4 rings (SSSR count). The first kappa shape index (κ1) is 19.4. The fourth-order valence-electron chi connectivity index (χ4n) is 3.04. The highest BCUT2D eigenvalue weighted by atomic mass is 32.1. The van der Waals surface area contributed by atoms with Crippen molar-refractivity contribution in [1.82, 2.24) is 9.97 Å². The summed E-state index contributed by atoms with van der Waals surface area (Å²) >= 11 is 1.14. The average Bonchev–Trinajstić information content (AvgIpc) is 3.41. The van der Waals surface area contributed by atoms with Gasteiger partial charge in [-0.05, 0) is 25.0 Å². The highest BCUT2D eigenvalue weighted by molar-refractivity contribution is 7.21. The number of nitrogens with one attached hydrogen (secondary N) is 1. The number of ketones is 1. The fraction of sp³-hybridized carbons (Fsp3) is 0.316. The Morgan fingerprint density at radius 2 is 2.03 bits per heavy atom. The van der Waals surface area contributed by atoms with Crippen LogP contribution in [0.1, 0.15) is 35.0 Å². The lowest BCUT2D eigenvalue weighted by Crippen LogP contribution is -2.08. The number of Topliss-reactive ketones (excluding diaryl/α,β-unsaturated/α-hetero) is 1. The predicted molar refractivity (Wildman–Crippen MR) is 105 cm³/mol. The second-order valence-electron chi connectivity index (χ2n) is 6.81. The summed E-state index contributed by atoms with van der Waals surface area (Å²) in [4.78, 5) is 21.7. The number of alkyl halides is 3. The molecule has 2 aromatic heterocycles. The van der Waals surface area contributed by atoms with Crippen LogP contribution in [0.25, 0.3) is 21.5 Å². The van der Waals surface area contributed by atoms with Crippen molar-refractivity contribution in [2.45, 2.75) is 32.0 Å². The van der Waals surface area contributed by atoms with Crippen molar-refractivity contribution < 1.29 is 22.7 Å². The van der Waals surface area contributed by atoms with Gasteiger partial charge in [-0.1, -0.05) is 6.07 Å². The summed E-state index contributed by atoms with van der Waals surface area (Å²) in [5.41, 5.74) is 6.28. The molecule has 3 N–H and O–H groups in total. The van der Waals surface area contributed by atoms with Gasteiger partial charge in [0.05, 0.1) is 34.3 Å². The number of nitrogen functional groups attached to an aromatic ring is 1. The summed E-state index contributed by atoms with van der Waals surface area (Å²) in [7, 11) is 1.18. The van der Waals surface area contributed by atoms with Gasteiger partial charge in [-0.3, -0.25) is 4.79 Å². The molecule has 10 heteroatoms. The maximum atomic E-state index is 13.2. The number of nitrogens with two attached hydrogens (primary N) is 1. The van der Waals surface area contributed by atoms with Crippen molar-refractivity contribution in [1.29, 1.82) is 0 Å². The number of ether oxygens (including phenoxy) is 1. The Hall–Kier alpha value is -2.88. The van der Waals surface area contributed by atoms with E-state index in [1.807, 2.05) is 0 Å². The van der Waals surface area contributed by atoms with Gasteiger partial charge in [0.2, 0.25) is 5.95 Å². The Bertz CT molecular complexity index is 1120. The van der Waals surface area contributed by atoms with E-state index in [1.54, 1.807) is 0 Å². The number of fused-ring (bicyclic) bond motifs is 1. The fourth-order valence-corrected chi connectivity index (χ4v) is 4.03. The van der Waals surface area contributed by atoms with Crippen molar-refractivity contribution in [3.05, 3.63) is 28.6 Å². The van der Waals surface area contributed by atoms with Crippen LogP contribution in [0.3, 0.4) is 0 Å². The molecule has 1 aromatic carbocycles. The second-order valence-corrected chi connectivity index (χ2v) is 7.81. The maximum absolute atomic E-state index is 13.2. The van der Waals surface area contributed by atoms with Crippen LogP contribution in [0.4, 0.5) is 24.8 Å². The van der Waals surface area contributed by atoms with Crippen LogP contribution < -0.4 is 15.8 Å². The first-order chi connectivity index (χ1) is 13.7. The van der Waals surface area contributed by atoms with Crippen LogP contribution in [0.2, 0.25) is 0 Å². The van der Waals surface area contributed by atoms with E-state index in [2.05, 4.69) is 15.3 Å². The molecule has 2 heterocycles. The van der Waals surface area contributed by atoms with E-state index in [0.29, 0.717) is 32.3 Å². The molecule has 0 bridgehead atoms. The molecule has 0 spiro atoms. The molecule has 3 aromatic rings. The minimum absolute atomic E-state index is 0.210. The Morgan fingerprint density at radius 3 is 2.62 bits per heavy atom. The van der Waals surface area contributed by atoms with E-state index >= 15 is 0 Å². The Kier molecular flexibility index (Phi) is 4.60. The number of halogens is 3. The number of hydrogen-bond acceptors (Lipinski definition) is 7. The zero-order valence-corrected chi connectivity index (χ0v) is 16.4. The summed E-state index contributed by atoms with van der Waals surface area (Å²) in [6, 6.07) is 3.81. The zero-order valence-electron chi connectivity index (χ0n) is 15.6. The van der Waals surface area contributed by atoms with Crippen molar-refractivity contribution in [2.75, 3.05) is 18.2 Å². The lowest BCUT2D eigenvalue weighted by molar-refractivity contribution is -0.138. The Balaban J connectivity index is 1.94. The van der Waals surface area contributed by atoms with Crippen molar-refractivity contribution in [3.8, 4) is 17.0 Å². The first-order valence-corrected chi connectivity index (χ1v) is 9.63. The van der Waals surface area contributed by atoms with Crippen molar-refractivity contribution >= 4 is 39.0 Å². The molecule has 6 nitrogen and oxygen atoms in total. The second kappa shape index (κ2) is 6.87. The molecule has 0 aliphatic heterocycles. The third-order valence-electron chi connectivity index (χ3n) is 4.60. The summed E-state index contributed by atoms with van der Waals surface area (Å²) < 4.78 is 44.6. The topological polar surface area (TPSA) is 90.1 Å². The molecule has 0 amide bonds. The van der Waals surface area contributed by atoms with Gasteiger partial charge in [0.1, 0.15) is 10.6 Å². The monoisotopic (exact) mass is 422 g/mol. The van der Waals surface area contributed by atoms with Gasteiger partial charge in [0, 0.05) is 18.5 Å². The average molecular weight is 422 g/mol. The number of aromatic nitrogens is 2. The minimum atomic E-state index is -4.55. The third kappa shape index (κ3) is 3.59. The van der Waals surface area contributed by atoms with E-state index in [-0.39, 0.29) is 23.3 Å². The van der Waals surface area contributed by atoms with Crippen LogP contribution in [0.5, 0.6) is 5.75 Å². The highest BCUT2D eigenvalue weighted by Crippen LogP contribution is 2.43. The third-order valence-corrected chi connectivity index (χ3v) is 5.80. The number of nitrogens with zero attached hydrogens (tertiary/aromatic N) is 2. The number of carbonyl (C=O) groups excluding carboxylic acids is 1. The van der Waals surface area contributed by atoms with Gasteiger partial charge in [0.25, 0.3) is 0 Å². The Morgan fingerprint density at radius 1 is 1.31 bits per heavy atom. The number of rotatable bonds is 5. The lowest BCUT2D eigenvalue weighted by Gasteiger charge is -2.14. The number of benzene rings is 1. The maximum Gasteiger partial charge on any atom is 0.419 e. The van der Waals surface area contributed by atoms with Gasteiger partial charge in [-0.15, -0.1) is 11.3 Å². The molecule has 29 heavy (non-hydrogen) atoms. The van der Waals surface area contributed by atoms with Crippen molar-refractivity contribution in [2.24, 2.45) is 0 Å². The number of carbonyl (C=O) groups is 1. The molecule has 152 valence electrons. The molecule has 1 saturated carbocycles. The van der Waals surface area contributed by atoms with Gasteiger partial charge in [-0.2, -0.15) is 13.2 Å². The van der Waals surface area contributed by atoms with Crippen LogP contribution in [-0.4, -0.2) is 28.9 Å². The van der Waals surface area contributed by atoms with E-state index < -0.39 is 11.7 Å². The predicted octanol–water partition coefficient (Wildman–Crippen LogP) is 4.74. The standard InChI is InChI=1S/C19H17F3N4O2S/c1-8(27)16-14(23)13-15(25-18(24-10-4-5-10)26-17(13)29-16)9-3-6-11(19(20,21)22)12(7-9)28-2/h3,6-7,10H,4-5,23H2,1-2H3,(H,24,25,26). The zero-order chi connectivity index (χ0) is 20.9. The summed E-state index contributed by atoms with van der Waals surface area (Å²) in [5.74, 6) is -0.178. The van der Waals surface area contributed by atoms with Gasteiger partial charge in [-0.25, -0.2) is 9.97 Å². The number of thiophene rings is 1. The minimum Gasteiger partial charge on any atom is -0.496 e. The number of methoxy groups -OCH3 is 1. The van der Waals surface area contributed by atoms with Crippen molar-refractivity contribution in [3.63, 3.8) is 0 Å². The quantitative estimate of drug-likeness (QED) is 0.577. The lowest BCUT2D eigenvalue weighted by atomic mass is 10.0. The van der Waals surface area contributed by atoms with E-state index in [4.69, 9.17) is 10.5 Å². The molecular weight excluding hydrogens is 405 g/mol. The van der Waals surface area contributed by atoms with Crippen LogP contribution in [0.15, 0.2) is 18.2 Å². The largest absolute Gasteiger partial charge is 0.496 e. The van der Waals surface area contributed by atoms with E-state index in [9.17, 15) is 18.0 Å². The summed E-state index contributed by atoms with van der Waals surface area (Å²) in [6.07, 6.45) is -2.56. The highest BCUT2D eigenvalue weighted by Gasteiger charge is 2.34. The van der Waals surface area contributed by atoms with Gasteiger partial charge < -0.3 is 15.8 Å². The van der Waals surface area contributed by atoms with E-state index in [1.165, 1.54) is 26.2 Å². The molecular formula is C19H17F3N4O2S. The number of anilines is 2. The summed E-state index contributed by atoms with van der Waals surface area (Å²) in [6.45, 7) is 1.40. The molecule has 0 atom stereocenters. The van der Waals surface area contributed by atoms with Gasteiger partial charge in [0.15, 0.2) is 5.78 Å². The van der Waals surface area contributed by atoms with Gasteiger partial charge >= 0.3 is 6.18 Å². The summed E-state index contributed by atoms with van der Waals surface area (Å²) in [5, 5.41) is 3.64. The first-order valence-electron chi connectivity index (χ1n) is 8.82. The normalized spacial score (nSPS) is 14.2. The van der Waals surface area contributed by atoms with Crippen LogP contribution in [-0.2, 0) is 6.18 Å². The van der Waals surface area contributed by atoms with E-state index in [0.717, 1.165) is 30.2 Å².